The molecule has 1 spiro atoms. The predicted octanol–water partition coefficient (Wildman–Crippen LogP) is 3.25. The number of hydrogen-bond donors (Lipinski definition) is 0. The maximum Gasteiger partial charge on any atom is 0.177 e. The zero-order valence-corrected chi connectivity index (χ0v) is 12.4. The minimum absolute atomic E-state index is 0.0124. The SMILES string of the molecule is COc1ccc2c(c1)C(=O)[C@@]1(CC2)Cc2ccccc2C1=O. The first-order chi connectivity index (χ1) is 10.7. The molecular formula is C19H16O3. The van der Waals surface area contributed by atoms with Gasteiger partial charge in [0.15, 0.2) is 11.6 Å². The molecule has 0 fully saturated rings. The second kappa shape index (κ2) is 4.54. The van der Waals surface area contributed by atoms with E-state index in [2.05, 4.69) is 0 Å². The molecule has 0 bridgehead atoms. The van der Waals surface area contributed by atoms with Crippen molar-refractivity contribution in [2.45, 2.75) is 19.3 Å². The molecule has 110 valence electrons. The summed E-state index contributed by atoms with van der Waals surface area (Å²) in [6, 6.07) is 13.2. The fourth-order valence-corrected chi connectivity index (χ4v) is 3.78. The molecule has 0 N–H and O–H groups in total. The molecule has 0 aliphatic heterocycles. The van der Waals surface area contributed by atoms with Crippen molar-refractivity contribution in [1.82, 2.24) is 0 Å². The Balaban J connectivity index is 1.83. The standard InChI is InChI=1S/C19H16O3/c1-22-14-7-6-12-8-9-19(18(21)16(12)10-14)11-13-4-2-3-5-15(13)17(19)20/h2-7,10H,8-9,11H2,1H3/t19-/m0/s1. The van der Waals surface area contributed by atoms with E-state index in [1.165, 1.54) is 0 Å². The monoisotopic (exact) mass is 292 g/mol. The highest BCUT2D eigenvalue weighted by molar-refractivity contribution is 6.23. The van der Waals surface area contributed by atoms with Crippen molar-refractivity contribution in [2.24, 2.45) is 5.41 Å². The van der Waals surface area contributed by atoms with Crippen molar-refractivity contribution in [1.29, 1.82) is 0 Å². The lowest BCUT2D eigenvalue weighted by atomic mass is 9.68. The van der Waals surface area contributed by atoms with Crippen LogP contribution in [-0.2, 0) is 12.8 Å². The van der Waals surface area contributed by atoms with Crippen molar-refractivity contribution in [3.8, 4) is 5.75 Å². The van der Waals surface area contributed by atoms with Crippen molar-refractivity contribution in [2.75, 3.05) is 7.11 Å². The third kappa shape index (κ3) is 1.62. The van der Waals surface area contributed by atoms with Gasteiger partial charge in [0.05, 0.1) is 7.11 Å². The van der Waals surface area contributed by atoms with Crippen LogP contribution < -0.4 is 4.74 Å². The van der Waals surface area contributed by atoms with Crippen LogP contribution in [-0.4, -0.2) is 18.7 Å². The Morgan fingerprint density at radius 3 is 2.50 bits per heavy atom. The van der Waals surface area contributed by atoms with Crippen LogP contribution in [0, 0.1) is 5.41 Å². The fraction of sp³-hybridized carbons (Fsp3) is 0.263. The van der Waals surface area contributed by atoms with Gasteiger partial charge in [-0.1, -0.05) is 30.3 Å². The van der Waals surface area contributed by atoms with Gasteiger partial charge in [0.25, 0.3) is 0 Å². The smallest absolute Gasteiger partial charge is 0.177 e. The molecule has 22 heavy (non-hydrogen) atoms. The minimum Gasteiger partial charge on any atom is -0.497 e. The number of ether oxygens (including phenoxy) is 1. The van der Waals surface area contributed by atoms with Crippen LogP contribution in [0.4, 0.5) is 0 Å². The summed E-state index contributed by atoms with van der Waals surface area (Å²) in [5.41, 5.74) is 2.46. The van der Waals surface area contributed by atoms with E-state index < -0.39 is 5.41 Å². The zero-order chi connectivity index (χ0) is 15.3. The van der Waals surface area contributed by atoms with E-state index >= 15 is 0 Å². The van der Waals surface area contributed by atoms with Crippen LogP contribution in [0.25, 0.3) is 0 Å². The van der Waals surface area contributed by atoms with Gasteiger partial charge in [-0.05, 0) is 42.5 Å². The van der Waals surface area contributed by atoms with E-state index in [-0.39, 0.29) is 11.6 Å². The summed E-state index contributed by atoms with van der Waals surface area (Å²) in [5, 5.41) is 0. The first-order valence-corrected chi connectivity index (χ1v) is 7.50. The number of Topliss-reactive ketones (excluding diaryl/α,β-unsaturated/α-hetero) is 2. The van der Waals surface area contributed by atoms with E-state index in [0.717, 1.165) is 17.5 Å². The number of fused-ring (bicyclic) bond motifs is 2. The molecule has 2 aliphatic rings. The third-order valence-electron chi connectivity index (χ3n) is 5.01. The Bertz CT molecular complexity index is 806. The van der Waals surface area contributed by atoms with E-state index in [1.54, 1.807) is 13.2 Å². The lowest BCUT2D eigenvalue weighted by Crippen LogP contribution is -2.41. The normalized spacial score (nSPS) is 22.6. The van der Waals surface area contributed by atoms with Gasteiger partial charge in [0, 0.05) is 11.1 Å². The fourth-order valence-electron chi connectivity index (χ4n) is 3.78. The van der Waals surface area contributed by atoms with Gasteiger partial charge in [-0.2, -0.15) is 0 Å². The van der Waals surface area contributed by atoms with Crippen molar-refractivity contribution in [3.05, 3.63) is 64.7 Å². The molecule has 0 aromatic heterocycles. The number of rotatable bonds is 1. The van der Waals surface area contributed by atoms with Gasteiger partial charge >= 0.3 is 0 Å². The average Bonchev–Trinajstić information content (AvgIpc) is 2.85. The molecule has 0 radical (unpaired) electrons. The lowest BCUT2D eigenvalue weighted by Gasteiger charge is -2.31. The first-order valence-electron chi connectivity index (χ1n) is 7.50. The van der Waals surface area contributed by atoms with Crippen LogP contribution >= 0.6 is 0 Å². The number of benzene rings is 2. The Kier molecular flexibility index (Phi) is 2.73. The van der Waals surface area contributed by atoms with E-state index in [0.29, 0.717) is 29.7 Å². The molecule has 0 amide bonds. The Morgan fingerprint density at radius 2 is 1.73 bits per heavy atom. The minimum atomic E-state index is -0.900. The zero-order valence-electron chi connectivity index (χ0n) is 12.4. The highest BCUT2D eigenvalue weighted by Crippen LogP contribution is 2.46. The number of methoxy groups -OCH3 is 1. The summed E-state index contributed by atoms with van der Waals surface area (Å²) < 4.78 is 5.23. The molecular weight excluding hydrogens is 276 g/mol. The van der Waals surface area contributed by atoms with Gasteiger partial charge in [-0.3, -0.25) is 9.59 Å². The molecule has 2 aliphatic carbocycles. The quantitative estimate of drug-likeness (QED) is 0.758. The van der Waals surface area contributed by atoms with Crippen LogP contribution in [0.15, 0.2) is 42.5 Å². The van der Waals surface area contributed by atoms with Gasteiger partial charge in [-0.15, -0.1) is 0 Å². The molecule has 2 aromatic carbocycles. The lowest BCUT2D eigenvalue weighted by molar-refractivity contribution is 0.0655. The summed E-state index contributed by atoms with van der Waals surface area (Å²) in [6.07, 6.45) is 1.88. The van der Waals surface area contributed by atoms with Crippen LogP contribution in [0.3, 0.4) is 0 Å². The topological polar surface area (TPSA) is 43.4 Å². The van der Waals surface area contributed by atoms with E-state index in [1.807, 2.05) is 36.4 Å². The second-order valence-electron chi connectivity index (χ2n) is 6.10. The summed E-state index contributed by atoms with van der Waals surface area (Å²) in [4.78, 5) is 26.0. The van der Waals surface area contributed by atoms with Crippen LogP contribution in [0.1, 0.15) is 38.3 Å². The Morgan fingerprint density at radius 1 is 0.955 bits per heavy atom. The Labute approximate surface area is 128 Å². The molecule has 3 nitrogen and oxygen atoms in total. The van der Waals surface area contributed by atoms with Gasteiger partial charge in [-0.25, -0.2) is 0 Å². The maximum atomic E-state index is 13.1. The highest BCUT2D eigenvalue weighted by Gasteiger charge is 2.53. The molecule has 2 aromatic rings. The van der Waals surface area contributed by atoms with Gasteiger partial charge < -0.3 is 4.74 Å². The number of aryl methyl sites for hydroxylation is 1. The Hall–Kier alpha value is -2.42. The summed E-state index contributed by atoms with van der Waals surface area (Å²) in [7, 11) is 1.58. The first kappa shape index (κ1) is 13.3. The molecule has 0 unspecified atom stereocenters. The summed E-state index contributed by atoms with van der Waals surface area (Å²) in [6.45, 7) is 0. The molecule has 0 saturated heterocycles. The second-order valence-corrected chi connectivity index (χ2v) is 6.10. The van der Waals surface area contributed by atoms with Crippen molar-refractivity contribution < 1.29 is 14.3 Å². The average molecular weight is 292 g/mol. The van der Waals surface area contributed by atoms with Crippen molar-refractivity contribution in [3.63, 3.8) is 0 Å². The molecule has 1 atom stereocenters. The molecule has 0 heterocycles. The number of carbonyl (C=O) groups is 2. The number of hydrogen-bond acceptors (Lipinski definition) is 3. The van der Waals surface area contributed by atoms with Gasteiger partial charge in [0.1, 0.15) is 11.2 Å². The molecule has 4 rings (SSSR count). The van der Waals surface area contributed by atoms with Crippen LogP contribution in [0.5, 0.6) is 5.75 Å². The highest BCUT2D eigenvalue weighted by atomic mass is 16.5. The largest absolute Gasteiger partial charge is 0.497 e. The molecule has 3 heteroatoms. The van der Waals surface area contributed by atoms with E-state index in [9.17, 15) is 9.59 Å². The van der Waals surface area contributed by atoms with Gasteiger partial charge in [0.2, 0.25) is 0 Å². The number of ketones is 2. The molecule has 0 saturated carbocycles. The summed E-state index contributed by atoms with van der Waals surface area (Å²) >= 11 is 0. The van der Waals surface area contributed by atoms with E-state index in [4.69, 9.17) is 4.74 Å². The van der Waals surface area contributed by atoms with Crippen LogP contribution in [0.2, 0.25) is 0 Å². The number of carbonyl (C=O) groups excluding carboxylic acids is 2. The maximum absolute atomic E-state index is 13.1. The summed E-state index contributed by atoms with van der Waals surface area (Å²) in [5.74, 6) is 0.600. The third-order valence-corrected chi connectivity index (χ3v) is 5.01. The van der Waals surface area contributed by atoms with Crippen molar-refractivity contribution >= 4 is 11.6 Å². The predicted molar refractivity (Wildman–Crippen MR) is 82.6 cm³/mol.